The van der Waals surface area contributed by atoms with Gasteiger partial charge in [0.25, 0.3) is 0 Å². The highest BCUT2D eigenvalue weighted by Gasteiger charge is 2.21. The van der Waals surface area contributed by atoms with Crippen molar-refractivity contribution in [3.05, 3.63) is 23.8 Å². The van der Waals surface area contributed by atoms with Crippen LogP contribution in [0.25, 0.3) is 0 Å². The molecule has 1 fully saturated rings. The van der Waals surface area contributed by atoms with Crippen molar-refractivity contribution in [2.24, 2.45) is 4.99 Å². The first-order valence-electron chi connectivity index (χ1n) is 8.34. The summed E-state index contributed by atoms with van der Waals surface area (Å²) in [6.45, 7) is 5.48. The molecule has 118 valence electrons. The highest BCUT2D eigenvalue weighted by Crippen LogP contribution is 2.31. The zero-order valence-electron chi connectivity index (χ0n) is 13.3. The van der Waals surface area contributed by atoms with Crippen LogP contribution >= 0.6 is 0 Å². The number of morpholine rings is 1. The molecule has 4 heteroatoms. The third-order valence-electron chi connectivity index (χ3n) is 4.37. The van der Waals surface area contributed by atoms with Gasteiger partial charge in [0, 0.05) is 36.5 Å². The number of hydrogen-bond donors (Lipinski definition) is 0. The van der Waals surface area contributed by atoms with Gasteiger partial charge in [0.15, 0.2) is 5.78 Å². The van der Waals surface area contributed by atoms with Crippen LogP contribution in [-0.2, 0) is 4.74 Å². The molecule has 2 aliphatic heterocycles. The molecular formula is C18H24N2O2. The third-order valence-corrected chi connectivity index (χ3v) is 4.37. The van der Waals surface area contributed by atoms with Crippen LogP contribution < -0.4 is 4.90 Å². The van der Waals surface area contributed by atoms with Crippen LogP contribution in [0.5, 0.6) is 0 Å². The Morgan fingerprint density at radius 2 is 2.05 bits per heavy atom. The molecule has 0 spiro atoms. The quantitative estimate of drug-likeness (QED) is 0.777. The number of ether oxygens (including phenoxy) is 1. The number of carbonyl (C=O) groups excluding carboxylic acids is 1. The van der Waals surface area contributed by atoms with Gasteiger partial charge in [0.1, 0.15) is 0 Å². The fourth-order valence-corrected chi connectivity index (χ4v) is 3.08. The molecule has 3 rings (SSSR count). The minimum atomic E-state index is 0.214. The molecular weight excluding hydrogens is 276 g/mol. The number of Topliss-reactive ketones (excluding diaryl/α,β-unsaturated/α-hetero) is 1. The Morgan fingerprint density at radius 1 is 1.23 bits per heavy atom. The van der Waals surface area contributed by atoms with Gasteiger partial charge in [-0.25, -0.2) is 0 Å². The molecule has 1 aromatic rings. The minimum Gasteiger partial charge on any atom is -0.378 e. The van der Waals surface area contributed by atoms with Crippen LogP contribution in [0.15, 0.2) is 23.2 Å². The SMILES string of the molecule is CCCCCC1=Nc2ccc(N3CCOCC3)cc2C(=O)C1. The molecule has 1 saturated heterocycles. The molecule has 0 atom stereocenters. The van der Waals surface area contributed by atoms with Crippen molar-refractivity contribution >= 4 is 22.9 Å². The number of carbonyl (C=O) groups is 1. The fourth-order valence-electron chi connectivity index (χ4n) is 3.08. The van der Waals surface area contributed by atoms with E-state index in [1.165, 1.54) is 12.8 Å². The van der Waals surface area contributed by atoms with Crippen molar-refractivity contribution in [1.82, 2.24) is 0 Å². The molecule has 0 amide bonds. The molecule has 1 aromatic carbocycles. The summed E-state index contributed by atoms with van der Waals surface area (Å²) in [4.78, 5) is 19.4. The monoisotopic (exact) mass is 300 g/mol. The Labute approximate surface area is 132 Å². The molecule has 0 saturated carbocycles. The second-order valence-electron chi connectivity index (χ2n) is 6.04. The van der Waals surface area contributed by atoms with Gasteiger partial charge in [-0.3, -0.25) is 9.79 Å². The molecule has 0 bridgehead atoms. The topological polar surface area (TPSA) is 41.9 Å². The molecule has 0 aromatic heterocycles. The first-order chi connectivity index (χ1) is 10.8. The highest BCUT2D eigenvalue weighted by molar-refractivity contribution is 6.16. The van der Waals surface area contributed by atoms with E-state index in [1.54, 1.807) is 0 Å². The average molecular weight is 300 g/mol. The van der Waals surface area contributed by atoms with Gasteiger partial charge in [-0.05, 0) is 31.0 Å². The van der Waals surface area contributed by atoms with Gasteiger partial charge in [-0.2, -0.15) is 0 Å². The van der Waals surface area contributed by atoms with E-state index in [0.29, 0.717) is 6.42 Å². The Hall–Kier alpha value is -1.68. The summed E-state index contributed by atoms with van der Waals surface area (Å²) in [6.07, 6.45) is 4.97. The van der Waals surface area contributed by atoms with E-state index in [-0.39, 0.29) is 5.78 Å². The van der Waals surface area contributed by atoms with Crippen LogP contribution in [0.4, 0.5) is 11.4 Å². The van der Waals surface area contributed by atoms with Crippen molar-refractivity contribution in [1.29, 1.82) is 0 Å². The van der Waals surface area contributed by atoms with Crippen molar-refractivity contribution in [2.45, 2.75) is 39.0 Å². The van der Waals surface area contributed by atoms with E-state index in [9.17, 15) is 4.79 Å². The van der Waals surface area contributed by atoms with Crippen LogP contribution in [0.1, 0.15) is 49.4 Å². The van der Waals surface area contributed by atoms with Gasteiger partial charge in [0.05, 0.1) is 18.9 Å². The van der Waals surface area contributed by atoms with E-state index in [1.807, 2.05) is 12.1 Å². The first-order valence-corrected chi connectivity index (χ1v) is 8.34. The fraction of sp³-hybridized carbons (Fsp3) is 0.556. The predicted molar refractivity (Wildman–Crippen MR) is 89.7 cm³/mol. The number of rotatable bonds is 5. The maximum atomic E-state index is 12.4. The lowest BCUT2D eigenvalue weighted by molar-refractivity contribution is 0.0999. The van der Waals surface area contributed by atoms with Gasteiger partial charge >= 0.3 is 0 Å². The average Bonchev–Trinajstić information content (AvgIpc) is 2.56. The highest BCUT2D eigenvalue weighted by atomic mass is 16.5. The second kappa shape index (κ2) is 7.05. The third kappa shape index (κ3) is 3.38. The zero-order chi connectivity index (χ0) is 15.4. The molecule has 4 nitrogen and oxygen atoms in total. The number of benzene rings is 1. The standard InChI is InChI=1S/C18H24N2O2/c1-2-3-4-5-14-12-18(21)16-13-15(6-7-17(16)19-14)20-8-10-22-11-9-20/h6-7,13H,2-5,8-12H2,1H3. The number of ketones is 1. The van der Waals surface area contributed by atoms with E-state index < -0.39 is 0 Å². The lowest BCUT2D eigenvalue weighted by Gasteiger charge is -2.29. The maximum absolute atomic E-state index is 12.4. The Morgan fingerprint density at radius 3 is 2.82 bits per heavy atom. The number of nitrogens with zero attached hydrogens (tertiary/aromatic N) is 2. The summed E-state index contributed by atoms with van der Waals surface area (Å²) in [7, 11) is 0. The number of unbranched alkanes of at least 4 members (excludes halogenated alkanes) is 2. The van der Waals surface area contributed by atoms with E-state index >= 15 is 0 Å². The number of hydrogen-bond acceptors (Lipinski definition) is 4. The molecule has 0 unspecified atom stereocenters. The van der Waals surface area contributed by atoms with Crippen molar-refractivity contribution in [3.8, 4) is 0 Å². The largest absolute Gasteiger partial charge is 0.378 e. The van der Waals surface area contributed by atoms with Crippen LogP contribution in [0.2, 0.25) is 0 Å². The smallest absolute Gasteiger partial charge is 0.170 e. The lowest BCUT2D eigenvalue weighted by Crippen LogP contribution is -2.36. The zero-order valence-corrected chi connectivity index (χ0v) is 13.3. The molecule has 0 aliphatic carbocycles. The Balaban J connectivity index is 1.78. The molecule has 0 N–H and O–H groups in total. The molecule has 0 radical (unpaired) electrons. The van der Waals surface area contributed by atoms with Crippen molar-refractivity contribution in [2.75, 3.05) is 31.2 Å². The van der Waals surface area contributed by atoms with Gasteiger partial charge in [-0.15, -0.1) is 0 Å². The van der Waals surface area contributed by atoms with Gasteiger partial charge < -0.3 is 9.64 Å². The number of anilines is 1. The number of aliphatic imine (C=N–C) groups is 1. The summed E-state index contributed by atoms with van der Waals surface area (Å²) < 4.78 is 5.39. The molecule has 2 aliphatic rings. The Bertz CT molecular complexity index is 574. The van der Waals surface area contributed by atoms with Crippen molar-refractivity contribution < 1.29 is 9.53 Å². The van der Waals surface area contributed by atoms with E-state index in [2.05, 4.69) is 17.9 Å². The van der Waals surface area contributed by atoms with Crippen LogP contribution in [-0.4, -0.2) is 37.8 Å². The van der Waals surface area contributed by atoms with Crippen LogP contribution in [0.3, 0.4) is 0 Å². The normalized spacial score (nSPS) is 18.1. The summed E-state index contributed by atoms with van der Waals surface area (Å²) in [6, 6.07) is 6.09. The summed E-state index contributed by atoms with van der Waals surface area (Å²) in [5.74, 6) is 0.214. The summed E-state index contributed by atoms with van der Waals surface area (Å²) in [5.41, 5.74) is 3.79. The predicted octanol–water partition coefficient (Wildman–Crippen LogP) is 3.76. The van der Waals surface area contributed by atoms with E-state index in [0.717, 1.165) is 61.8 Å². The molecule has 22 heavy (non-hydrogen) atoms. The first kappa shape index (κ1) is 15.2. The maximum Gasteiger partial charge on any atom is 0.170 e. The Kier molecular flexibility index (Phi) is 4.88. The number of fused-ring (bicyclic) bond motifs is 1. The minimum absolute atomic E-state index is 0.214. The lowest BCUT2D eigenvalue weighted by atomic mass is 9.96. The summed E-state index contributed by atoms with van der Waals surface area (Å²) in [5, 5.41) is 0. The summed E-state index contributed by atoms with van der Waals surface area (Å²) >= 11 is 0. The molecule has 2 heterocycles. The van der Waals surface area contributed by atoms with Gasteiger partial charge in [-0.1, -0.05) is 19.8 Å². The van der Waals surface area contributed by atoms with Crippen molar-refractivity contribution in [3.63, 3.8) is 0 Å². The van der Waals surface area contributed by atoms with Gasteiger partial charge in [0.2, 0.25) is 0 Å². The second-order valence-corrected chi connectivity index (χ2v) is 6.04. The van der Waals surface area contributed by atoms with E-state index in [4.69, 9.17) is 9.73 Å². The van der Waals surface area contributed by atoms with Crippen LogP contribution in [0, 0.1) is 0 Å².